The minimum atomic E-state index is -3.60. The Morgan fingerprint density at radius 1 is 1.30 bits per heavy atom. The Morgan fingerprint density at radius 3 is 2.25 bits per heavy atom. The summed E-state index contributed by atoms with van der Waals surface area (Å²) in [4.78, 5) is 19.5. The third-order valence-corrected chi connectivity index (χ3v) is 3.97. The summed E-state index contributed by atoms with van der Waals surface area (Å²) in [5.74, 6) is -0.957. The first-order valence-electron chi connectivity index (χ1n) is 6.56. The smallest absolute Gasteiger partial charge is 0.265 e. The van der Waals surface area contributed by atoms with Gasteiger partial charge in [0, 0.05) is 12.4 Å². The van der Waals surface area contributed by atoms with Gasteiger partial charge in [0.15, 0.2) is 0 Å². The number of hydrogen-bond donors (Lipinski definition) is 1. The van der Waals surface area contributed by atoms with E-state index in [1.807, 2.05) is 4.72 Å². The van der Waals surface area contributed by atoms with Crippen LogP contribution in [0.25, 0.3) is 0 Å². The maximum Gasteiger partial charge on any atom is 0.302 e. The quantitative estimate of drug-likeness (QED) is 0.862. The van der Waals surface area contributed by atoms with E-state index in [0.29, 0.717) is 0 Å². The van der Waals surface area contributed by atoms with Crippen LogP contribution in [0.4, 0.5) is 0 Å². The summed E-state index contributed by atoms with van der Waals surface area (Å²) in [6.45, 7) is 6.34. The molecule has 112 valence electrons. The van der Waals surface area contributed by atoms with Gasteiger partial charge in [-0.3, -0.25) is 4.79 Å². The van der Waals surface area contributed by atoms with Crippen molar-refractivity contribution in [3.05, 3.63) is 23.8 Å². The zero-order chi connectivity index (χ0) is 15.4. The lowest BCUT2D eigenvalue weighted by Crippen LogP contribution is -2.31. The molecule has 0 bridgehead atoms. The lowest BCUT2D eigenvalue weighted by atomic mass is 9.78. The molecule has 6 nitrogen and oxygen atoms in total. The van der Waals surface area contributed by atoms with Crippen molar-refractivity contribution in [3.63, 3.8) is 0 Å². The number of aromatic nitrogens is 2. The van der Waals surface area contributed by atoms with E-state index in [1.165, 1.54) is 0 Å². The van der Waals surface area contributed by atoms with E-state index in [2.05, 4.69) is 30.7 Å². The van der Waals surface area contributed by atoms with Gasteiger partial charge >= 0.3 is 5.91 Å². The number of nitrogens with zero attached hydrogens (tertiary/aromatic N) is 2. The molecule has 1 heterocycles. The van der Waals surface area contributed by atoms with Crippen molar-refractivity contribution < 1.29 is 13.2 Å². The highest BCUT2D eigenvalue weighted by Crippen LogP contribution is 2.31. The fourth-order valence-electron chi connectivity index (χ4n) is 2.05. The zero-order valence-corrected chi connectivity index (χ0v) is 13.1. The molecule has 20 heavy (non-hydrogen) atoms. The molecule has 1 aromatic heterocycles. The molecule has 1 unspecified atom stereocenters. The van der Waals surface area contributed by atoms with Crippen molar-refractivity contribution in [2.75, 3.05) is 6.26 Å². The van der Waals surface area contributed by atoms with Crippen molar-refractivity contribution >= 4 is 15.9 Å². The molecule has 1 amide bonds. The predicted molar refractivity (Wildman–Crippen MR) is 76.9 cm³/mol. The molecule has 0 radical (unpaired) electrons. The Hall–Kier alpha value is -1.50. The topological polar surface area (TPSA) is 89.0 Å². The molecule has 0 aromatic carbocycles. The molecule has 1 aromatic rings. The van der Waals surface area contributed by atoms with Crippen molar-refractivity contribution in [2.45, 2.75) is 45.4 Å². The van der Waals surface area contributed by atoms with E-state index >= 15 is 0 Å². The first kappa shape index (κ1) is 16.6. The summed E-state index contributed by atoms with van der Waals surface area (Å²) >= 11 is 0. The Bertz CT molecular complexity index is 569. The SMILES string of the molecule is CCCC(C)(CC)c1cnc(C(=O)NS(C)(=O)=O)nc1. The van der Waals surface area contributed by atoms with E-state index in [9.17, 15) is 13.2 Å². The van der Waals surface area contributed by atoms with Crippen molar-refractivity contribution in [1.82, 2.24) is 14.7 Å². The molecule has 0 aliphatic heterocycles. The number of carbonyl (C=O) groups excluding carboxylic acids is 1. The molecule has 0 saturated heterocycles. The Labute approximate surface area is 120 Å². The second-order valence-corrected chi connectivity index (χ2v) is 6.91. The molecule has 7 heteroatoms. The van der Waals surface area contributed by atoms with Gasteiger partial charge in [0.2, 0.25) is 15.8 Å². The first-order chi connectivity index (χ1) is 9.22. The summed E-state index contributed by atoms with van der Waals surface area (Å²) < 4.78 is 23.8. The molecule has 1 rings (SSSR count). The number of hydrogen-bond acceptors (Lipinski definition) is 5. The molecule has 1 atom stereocenters. The van der Waals surface area contributed by atoms with E-state index < -0.39 is 15.9 Å². The maximum atomic E-state index is 11.6. The fraction of sp³-hybridized carbons (Fsp3) is 0.615. The zero-order valence-electron chi connectivity index (χ0n) is 12.3. The number of sulfonamides is 1. The van der Waals surface area contributed by atoms with E-state index in [-0.39, 0.29) is 11.2 Å². The van der Waals surface area contributed by atoms with Gasteiger partial charge in [0.1, 0.15) is 0 Å². The van der Waals surface area contributed by atoms with Crippen LogP contribution in [0.15, 0.2) is 12.4 Å². The van der Waals surface area contributed by atoms with Gasteiger partial charge in [0.25, 0.3) is 0 Å². The normalized spacial score (nSPS) is 14.6. The lowest BCUT2D eigenvalue weighted by molar-refractivity contribution is 0.0971. The molecule has 1 N–H and O–H groups in total. The summed E-state index contributed by atoms with van der Waals surface area (Å²) in [5, 5.41) is 0. The summed E-state index contributed by atoms with van der Waals surface area (Å²) in [5.41, 5.74) is 0.929. The van der Waals surface area contributed by atoms with E-state index in [4.69, 9.17) is 0 Å². The average Bonchev–Trinajstić information content (AvgIpc) is 2.37. The van der Waals surface area contributed by atoms with Crippen molar-refractivity contribution in [1.29, 1.82) is 0 Å². The second kappa shape index (κ2) is 6.30. The van der Waals surface area contributed by atoms with Crippen LogP contribution in [0.2, 0.25) is 0 Å². The van der Waals surface area contributed by atoms with Gasteiger partial charge in [-0.2, -0.15) is 0 Å². The summed E-state index contributed by atoms with van der Waals surface area (Å²) in [6, 6.07) is 0. The van der Waals surface area contributed by atoms with Crippen LogP contribution in [-0.4, -0.2) is 30.5 Å². The molecule has 0 saturated carbocycles. The van der Waals surface area contributed by atoms with Crippen LogP contribution in [-0.2, 0) is 15.4 Å². The third-order valence-electron chi connectivity index (χ3n) is 3.41. The molecule has 0 spiro atoms. The number of carbonyl (C=O) groups is 1. The van der Waals surface area contributed by atoms with Crippen molar-refractivity contribution in [2.24, 2.45) is 0 Å². The molecular formula is C13H21N3O3S. The minimum Gasteiger partial charge on any atom is -0.265 e. The van der Waals surface area contributed by atoms with Crippen LogP contribution >= 0.6 is 0 Å². The van der Waals surface area contributed by atoms with Gasteiger partial charge < -0.3 is 0 Å². The minimum absolute atomic E-state index is 0.0272. The highest BCUT2D eigenvalue weighted by atomic mass is 32.2. The van der Waals surface area contributed by atoms with Crippen LogP contribution in [0, 0.1) is 0 Å². The first-order valence-corrected chi connectivity index (χ1v) is 8.45. The van der Waals surface area contributed by atoms with Gasteiger partial charge in [-0.25, -0.2) is 23.1 Å². The standard InChI is InChI=1S/C13H21N3O3S/c1-5-7-13(3,6-2)10-8-14-11(15-9-10)12(17)16-20(4,18)19/h8-9H,5-7H2,1-4H3,(H,16,17). The number of amides is 1. The Morgan fingerprint density at radius 2 is 1.85 bits per heavy atom. The average molecular weight is 299 g/mol. The van der Waals surface area contributed by atoms with Crippen LogP contribution in [0.5, 0.6) is 0 Å². The van der Waals surface area contributed by atoms with Gasteiger partial charge in [-0.15, -0.1) is 0 Å². The fourth-order valence-corrected chi connectivity index (χ4v) is 2.48. The summed E-state index contributed by atoms with van der Waals surface area (Å²) in [7, 11) is -3.60. The number of nitrogens with one attached hydrogen (secondary N) is 1. The van der Waals surface area contributed by atoms with Crippen molar-refractivity contribution in [3.8, 4) is 0 Å². The Kier molecular flexibility index (Phi) is 5.21. The Balaban J connectivity index is 2.96. The van der Waals surface area contributed by atoms with E-state index in [1.54, 1.807) is 12.4 Å². The molecule has 0 aliphatic carbocycles. The molecule has 0 aliphatic rings. The second-order valence-electron chi connectivity index (χ2n) is 5.16. The van der Waals surface area contributed by atoms with Gasteiger partial charge in [-0.05, 0) is 23.8 Å². The number of rotatable bonds is 6. The predicted octanol–water partition coefficient (Wildman–Crippen LogP) is 1.63. The third kappa shape index (κ3) is 4.26. The van der Waals surface area contributed by atoms with Gasteiger partial charge in [-0.1, -0.05) is 27.2 Å². The van der Waals surface area contributed by atoms with Crippen LogP contribution in [0.1, 0.15) is 56.2 Å². The van der Waals surface area contributed by atoms with Crippen LogP contribution < -0.4 is 4.72 Å². The highest BCUT2D eigenvalue weighted by molar-refractivity contribution is 7.89. The lowest BCUT2D eigenvalue weighted by Gasteiger charge is -2.27. The molecule has 0 fully saturated rings. The highest BCUT2D eigenvalue weighted by Gasteiger charge is 2.25. The van der Waals surface area contributed by atoms with Crippen LogP contribution in [0.3, 0.4) is 0 Å². The van der Waals surface area contributed by atoms with E-state index in [0.717, 1.165) is 31.1 Å². The summed E-state index contributed by atoms with van der Waals surface area (Å²) in [6.07, 6.45) is 7.10. The largest absolute Gasteiger partial charge is 0.302 e. The molecular weight excluding hydrogens is 278 g/mol. The van der Waals surface area contributed by atoms with Gasteiger partial charge in [0.05, 0.1) is 6.26 Å². The maximum absolute atomic E-state index is 11.6. The monoisotopic (exact) mass is 299 g/mol.